The molecule has 0 aliphatic rings. The predicted molar refractivity (Wildman–Crippen MR) is 71.8 cm³/mol. The average molecular weight is 315 g/mol. The second-order valence-corrected chi connectivity index (χ2v) is 5.58. The molecule has 0 saturated carbocycles. The lowest BCUT2D eigenvalue weighted by molar-refractivity contribution is 0.178. The molecular formula is C13H12BrFOS. The van der Waals surface area contributed by atoms with Crippen molar-refractivity contribution < 1.29 is 9.50 Å². The van der Waals surface area contributed by atoms with Crippen molar-refractivity contribution in [1.82, 2.24) is 0 Å². The zero-order chi connectivity index (χ0) is 12.4. The monoisotopic (exact) mass is 314 g/mol. The Kier molecular flexibility index (Phi) is 3.97. The number of aliphatic hydroxyl groups is 1. The van der Waals surface area contributed by atoms with E-state index >= 15 is 0 Å². The summed E-state index contributed by atoms with van der Waals surface area (Å²) in [7, 11) is 0. The van der Waals surface area contributed by atoms with Crippen LogP contribution in [0.1, 0.15) is 22.8 Å². The molecule has 0 amide bonds. The summed E-state index contributed by atoms with van der Waals surface area (Å²) in [4.78, 5) is 0. The van der Waals surface area contributed by atoms with Gasteiger partial charge in [-0.3, -0.25) is 0 Å². The quantitative estimate of drug-likeness (QED) is 0.898. The van der Waals surface area contributed by atoms with E-state index in [1.165, 1.54) is 6.07 Å². The van der Waals surface area contributed by atoms with Gasteiger partial charge in [-0.1, -0.05) is 6.07 Å². The van der Waals surface area contributed by atoms with E-state index in [4.69, 9.17) is 0 Å². The molecule has 2 rings (SSSR count). The molecule has 0 saturated heterocycles. The molecule has 0 fully saturated rings. The molecule has 0 aliphatic heterocycles. The zero-order valence-corrected chi connectivity index (χ0v) is 11.7. The van der Waals surface area contributed by atoms with Gasteiger partial charge < -0.3 is 5.11 Å². The van der Waals surface area contributed by atoms with Crippen molar-refractivity contribution in [1.29, 1.82) is 0 Å². The Morgan fingerprint density at radius 2 is 2.18 bits per heavy atom. The summed E-state index contributed by atoms with van der Waals surface area (Å²) in [5.74, 6) is -0.282. The van der Waals surface area contributed by atoms with Crippen LogP contribution in [0.5, 0.6) is 0 Å². The highest BCUT2D eigenvalue weighted by Gasteiger charge is 2.12. The third-order valence-electron chi connectivity index (χ3n) is 2.67. The molecule has 1 unspecified atom stereocenters. The Bertz CT molecular complexity index is 524. The Labute approximate surface area is 112 Å². The van der Waals surface area contributed by atoms with Crippen LogP contribution in [0.15, 0.2) is 33.4 Å². The number of rotatable bonds is 3. The fourth-order valence-electron chi connectivity index (χ4n) is 1.71. The number of benzene rings is 1. The molecule has 1 heterocycles. The van der Waals surface area contributed by atoms with Crippen LogP contribution < -0.4 is 0 Å². The molecule has 0 spiro atoms. The van der Waals surface area contributed by atoms with Gasteiger partial charge in [0.15, 0.2) is 0 Å². The van der Waals surface area contributed by atoms with Gasteiger partial charge in [0.2, 0.25) is 0 Å². The van der Waals surface area contributed by atoms with Crippen molar-refractivity contribution in [2.45, 2.75) is 19.4 Å². The third kappa shape index (κ3) is 2.94. The molecule has 4 heteroatoms. The SMILES string of the molecule is Cc1cscc1C(O)Cc1ccc(F)c(Br)c1. The largest absolute Gasteiger partial charge is 0.388 e. The number of aliphatic hydroxyl groups excluding tert-OH is 1. The van der Waals surface area contributed by atoms with E-state index in [1.54, 1.807) is 23.5 Å². The van der Waals surface area contributed by atoms with Crippen molar-refractivity contribution >= 4 is 27.3 Å². The smallest absolute Gasteiger partial charge is 0.137 e. The maximum absolute atomic E-state index is 13.1. The van der Waals surface area contributed by atoms with Crippen molar-refractivity contribution in [3.05, 3.63) is 55.9 Å². The standard InChI is InChI=1S/C13H12BrFOS/c1-8-6-17-7-10(8)13(16)5-9-2-3-12(15)11(14)4-9/h2-4,6-7,13,16H,5H2,1H3. The van der Waals surface area contributed by atoms with E-state index in [0.717, 1.165) is 16.7 Å². The lowest BCUT2D eigenvalue weighted by Gasteiger charge is -2.11. The van der Waals surface area contributed by atoms with E-state index in [0.29, 0.717) is 10.9 Å². The molecule has 0 bridgehead atoms. The van der Waals surface area contributed by atoms with Crippen molar-refractivity contribution in [3.8, 4) is 0 Å². The summed E-state index contributed by atoms with van der Waals surface area (Å²) in [6.45, 7) is 1.98. The normalized spacial score (nSPS) is 12.7. The topological polar surface area (TPSA) is 20.2 Å². The fourth-order valence-corrected chi connectivity index (χ4v) is 3.04. The van der Waals surface area contributed by atoms with Gasteiger partial charge in [-0.25, -0.2) is 4.39 Å². The lowest BCUT2D eigenvalue weighted by atomic mass is 10.0. The predicted octanol–water partition coefficient (Wildman–Crippen LogP) is 4.23. The van der Waals surface area contributed by atoms with E-state index in [9.17, 15) is 9.50 Å². The lowest BCUT2D eigenvalue weighted by Crippen LogP contribution is -2.02. The summed E-state index contributed by atoms with van der Waals surface area (Å²) in [5.41, 5.74) is 2.97. The molecule has 1 aromatic heterocycles. The average Bonchev–Trinajstić information content (AvgIpc) is 2.70. The van der Waals surface area contributed by atoms with Gasteiger partial charge in [-0.15, -0.1) is 0 Å². The Morgan fingerprint density at radius 1 is 1.41 bits per heavy atom. The molecular weight excluding hydrogens is 303 g/mol. The first-order chi connectivity index (χ1) is 8.08. The Morgan fingerprint density at radius 3 is 2.76 bits per heavy atom. The maximum atomic E-state index is 13.1. The first-order valence-corrected chi connectivity index (χ1v) is 6.96. The van der Waals surface area contributed by atoms with Gasteiger partial charge in [-0.2, -0.15) is 11.3 Å². The number of hydrogen-bond acceptors (Lipinski definition) is 2. The molecule has 0 radical (unpaired) electrons. The van der Waals surface area contributed by atoms with Gasteiger partial charge in [0.1, 0.15) is 5.82 Å². The molecule has 1 nitrogen and oxygen atoms in total. The van der Waals surface area contributed by atoms with Gasteiger partial charge in [0, 0.05) is 6.42 Å². The van der Waals surface area contributed by atoms with Gasteiger partial charge >= 0.3 is 0 Å². The molecule has 2 aromatic rings. The zero-order valence-electron chi connectivity index (χ0n) is 9.28. The van der Waals surface area contributed by atoms with Crippen LogP contribution in [-0.2, 0) is 6.42 Å². The van der Waals surface area contributed by atoms with Crippen LogP contribution in [-0.4, -0.2) is 5.11 Å². The summed E-state index contributed by atoms with van der Waals surface area (Å²) < 4.78 is 13.5. The third-order valence-corrected chi connectivity index (χ3v) is 4.15. The molecule has 1 atom stereocenters. The van der Waals surface area contributed by atoms with Crippen molar-refractivity contribution in [2.75, 3.05) is 0 Å². The Balaban J connectivity index is 2.16. The Hall–Kier alpha value is -0.710. The minimum absolute atomic E-state index is 0.282. The highest BCUT2D eigenvalue weighted by atomic mass is 79.9. The van der Waals surface area contributed by atoms with E-state index in [2.05, 4.69) is 15.9 Å². The van der Waals surface area contributed by atoms with E-state index < -0.39 is 6.10 Å². The van der Waals surface area contributed by atoms with Gasteiger partial charge in [-0.05, 0) is 62.4 Å². The molecule has 17 heavy (non-hydrogen) atoms. The first kappa shape index (κ1) is 12.7. The van der Waals surface area contributed by atoms with E-state index in [1.807, 2.05) is 17.7 Å². The minimum atomic E-state index is -0.529. The summed E-state index contributed by atoms with van der Waals surface area (Å²) in [6, 6.07) is 4.82. The number of hydrogen-bond donors (Lipinski definition) is 1. The van der Waals surface area contributed by atoms with Crippen LogP contribution in [0.3, 0.4) is 0 Å². The molecule has 1 aromatic carbocycles. The second kappa shape index (κ2) is 5.29. The molecule has 1 N–H and O–H groups in total. The molecule has 0 aliphatic carbocycles. The number of aryl methyl sites for hydroxylation is 1. The first-order valence-electron chi connectivity index (χ1n) is 5.22. The van der Waals surface area contributed by atoms with E-state index in [-0.39, 0.29) is 5.82 Å². The minimum Gasteiger partial charge on any atom is -0.388 e. The van der Waals surface area contributed by atoms with Crippen LogP contribution in [0, 0.1) is 12.7 Å². The van der Waals surface area contributed by atoms with Crippen LogP contribution in [0.25, 0.3) is 0 Å². The van der Waals surface area contributed by atoms with Gasteiger partial charge in [0.25, 0.3) is 0 Å². The van der Waals surface area contributed by atoms with Crippen LogP contribution in [0.2, 0.25) is 0 Å². The van der Waals surface area contributed by atoms with Crippen LogP contribution >= 0.6 is 27.3 Å². The van der Waals surface area contributed by atoms with Crippen molar-refractivity contribution in [2.24, 2.45) is 0 Å². The highest BCUT2D eigenvalue weighted by molar-refractivity contribution is 9.10. The summed E-state index contributed by atoms with van der Waals surface area (Å²) in [6.07, 6.45) is -0.0326. The maximum Gasteiger partial charge on any atom is 0.137 e. The second-order valence-electron chi connectivity index (χ2n) is 3.98. The summed E-state index contributed by atoms with van der Waals surface area (Å²) in [5, 5.41) is 14.1. The van der Waals surface area contributed by atoms with Gasteiger partial charge in [0.05, 0.1) is 10.6 Å². The summed E-state index contributed by atoms with van der Waals surface area (Å²) >= 11 is 4.73. The fraction of sp³-hybridized carbons (Fsp3) is 0.231. The van der Waals surface area contributed by atoms with Crippen LogP contribution in [0.4, 0.5) is 4.39 Å². The number of halogens is 2. The van der Waals surface area contributed by atoms with Crippen molar-refractivity contribution in [3.63, 3.8) is 0 Å². The molecule has 90 valence electrons. The number of thiophene rings is 1. The highest BCUT2D eigenvalue weighted by Crippen LogP contribution is 2.26.